The van der Waals surface area contributed by atoms with E-state index in [9.17, 15) is 4.79 Å². The van der Waals surface area contributed by atoms with Crippen molar-refractivity contribution in [3.05, 3.63) is 36.3 Å². The summed E-state index contributed by atoms with van der Waals surface area (Å²) in [7, 11) is 0. The second-order valence-electron chi connectivity index (χ2n) is 8.54. The lowest BCUT2D eigenvalue weighted by Gasteiger charge is -2.36. The zero-order valence-electron chi connectivity index (χ0n) is 15.9. The number of nitrogens with zero attached hydrogens (tertiary/aromatic N) is 2. The van der Waals surface area contributed by atoms with Gasteiger partial charge in [0.1, 0.15) is 11.9 Å². The Kier molecular flexibility index (Phi) is 4.68. The van der Waals surface area contributed by atoms with Crippen LogP contribution < -0.4 is 0 Å². The van der Waals surface area contributed by atoms with E-state index < -0.39 is 0 Å². The Morgan fingerprint density at radius 3 is 2.81 bits per heavy atom. The largest absolute Gasteiger partial charge is 0.462 e. The highest BCUT2D eigenvalue weighted by atomic mass is 16.5. The molecule has 2 fully saturated rings. The molecule has 2 aliphatic rings. The van der Waals surface area contributed by atoms with Crippen LogP contribution in [0.3, 0.4) is 0 Å². The lowest BCUT2D eigenvalue weighted by atomic mass is 9.75. The summed E-state index contributed by atoms with van der Waals surface area (Å²) in [6.07, 6.45) is 6.15. The molecule has 0 aliphatic heterocycles. The van der Waals surface area contributed by atoms with E-state index >= 15 is 0 Å². The van der Waals surface area contributed by atoms with Gasteiger partial charge < -0.3 is 4.74 Å². The molecule has 4 heteroatoms. The topological polar surface area (TPSA) is 52.1 Å². The maximum Gasteiger partial charge on any atom is 0.309 e. The van der Waals surface area contributed by atoms with Crippen molar-refractivity contribution in [3.63, 3.8) is 0 Å². The van der Waals surface area contributed by atoms with Crippen LogP contribution in [0.4, 0.5) is 0 Å². The SMILES string of the molecule is CC(C)[C@@H]1CC[C@@H](C)C[C@H]1OC(=O)[C@H]1C[C@@H]1c1ncc2ccccc2n1. The molecule has 2 aliphatic carbocycles. The summed E-state index contributed by atoms with van der Waals surface area (Å²) in [6.45, 7) is 6.74. The van der Waals surface area contributed by atoms with E-state index in [2.05, 4.69) is 30.7 Å². The van der Waals surface area contributed by atoms with Gasteiger partial charge in [-0.3, -0.25) is 4.79 Å². The molecule has 2 aromatic rings. The summed E-state index contributed by atoms with van der Waals surface area (Å²) in [5, 5.41) is 1.03. The molecule has 2 saturated carbocycles. The number of hydrogen-bond donors (Lipinski definition) is 0. The van der Waals surface area contributed by atoms with Crippen molar-refractivity contribution in [2.75, 3.05) is 0 Å². The number of benzene rings is 1. The number of carbonyl (C=O) groups is 1. The van der Waals surface area contributed by atoms with Crippen LogP contribution in [0.5, 0.6) is 0 Å². The van der Waals surface area contributed by atoms with Gasteiger partial charge in [-0.2, -0.15) is 0 Å². The minimum Gasteiger partial charge on any atom is -0.462 e. The van der Waals surface area contributed by atoms with Gasteiger partial charge in [-0.15, -0.1) is 0 Å². The van der Waals surface area contributed by atoms with Gasteiger partial charge in [0.05, 0.1) is 11.4 Å². The quantitative estimate of drug-likeness (QED) is 0.746. The fraction of sp³-hybridized carbons (Fsp3) is 0.591. The van der Waals surface area contributed by atoms with E-state index in [1.165, 1.54) is 12.8 Å². The summed E-state index contributed by atoms with van der Waals surface area (Å²) in [5.41, 5.74) is 0.942. The molecule has 4 nitrogen and oxygen atoms in total. The highest BCUT2D eigenvalue weighted by Gasteiger charge is 2.48. The first kappa shape index (κ1) is 17.4. The van der Waals surface area contributed by atoms with Crippen LogP contribution in [0.1, 0.15) is 58.2 Å². The summed E-state index contributed by atoms with van der Waals surface area (Å²) >= 11 is 0. The molecule has 1 heterocycles. The second kappa shape index (κ2) is 6.98. The third-order valence-corrected chi connectivity index (χ3v) is 6.16. The Hall–Kier alpha value is -1.97. The molecule has 138 valence electrons. The first-order valence-electron chi connectivity index (χ1n) is 9.95. The Labute approximate surface area is 155 Å². The zero-order chi connectivity index (χ0) is 18.3. The molecule has 1 aromatic carbocycles. The Bertz CT molecular complexity index is 804. The monoisotopic (exact) mass is 352 g/mol. The first-order chi connectivity index (χ1) is 12.5. The molecule has 0 spiro atoms. The van der Waals surface area contributed by atoms with Gasteiger partial charge in [0.2, 0.25) is 0 Å². The standard InChI is InChI=1S/C22H28N2O2/c1-13(2)16-9-8-14(3)10-20(16)26-22(25)18-11-17(18)21-23-12-15-6-4-5-7-19(15)24-21/h4-7,12-14,16-18,20H,8-11H2,1-3H3/t14-,16+,17+,18+,20-/m1/s1. The molecule has 0 radical (unpaired) electrons. The molecular formula is C22H28N2O2. The fourth-order valence-corrected chi connectivity index (χ4v) is 4.39. The minimum atomic E-state index is -0.0683. The Morgan fingerprint density at radius 2 is 2.00 bits per heavy atom. The zero-order valence-corrected chi connectivity index (χ0v) is 15.9. The van der Waals surface area contributed by atoms with Crippen LogP contribution in [0.2, 0.25) is 0 Å². The molecule has 0 bridgehead atoms. The molecule has 0 saturated heterocycles. The number of hydrogen-bond acceptors (Lipinski definition) is 4. The molecule has 1 aromatic heterocycles. The average molecular weight is 352 g/mol. The Morgan fingerprint density at radius 1 is 1.19 bits per heavy atom. The highest BCUT2D eigenvalue weighted by Crippen LogP contribution is 2.48. The number of esters is 1. The summed E-state index contributed by atoms with van der Waals surface area (Å²) in [4.78, 5) is 21.9. The second-order valence-corrected chi connectivity index (χ2v) is 8.54. The van der Waals surface area contributed by atoms with Crippen LogP contribution in [0.25, 0.3) is 10.9 Å². The number of carbonyl (C=O) groups excluding carboxylic acids is 1. The normalized spacial score (nSPS) is 31.2. The summed E-state index contributed by atoms with van der Waals surface area (Å²) < 4.78 is 6.00. The number of aromatic nitrogens is 2. The van der Waals surface area contributed by atoms with Crippen LogP contribution in [0, 0.1) is 23.7 Å². The predicted molar refractivity (Wildman–Crippen MR) is 102 cm³/mol. The molecule has 5 atom stereocenters. The van der Waals surface area contributed by atoms with Gasteiger partial charge in [-0.05, 0) is 43.1 Å². The third kappa shape index (κ3) is 3.46. The van der Waals surface area contributed by atoms with Crippen LogP contribution in [-0.4, -0.2) is 22.0 Å². The van der Waals surface area contributed by atoms with Crippen molar-refractivity contribution in [1.29, 1.82) is 0 Å². The van der Waals surface area contributed by atoms with Gasteiger partial charge in [-0.1, -0.05) is 45.4 Å². The van der Waals surface area contributed by atoms with E-state index in [1.807, 2.05) is 30.5 Å². The van der Waals surface area contributed by atoms with Gasteiger partial charge >= 0.3 is 5.97 Å². The summed E-state index contributed by atoms with van der Waals surface area (Å²) in [5.74, 6) is 2.47. The van der Waals surface area contributed by atoms with E-state index in [1.54, 1.807) is 0 Å². The van der Waals surface area contributed by atoms with E-state index in [0.29, 0.717) is 17.8 Å². The lowest BCUT2D eigenvalue weighted by molar-refractivity contribution is -0.157. The van der Waals surface area contributed by atoms with Gasteiger partial charge in [-0.25, -0.2) is 9.97 Å². The number of fused-ring (bicyclic) bond motifs is 1. The van der Waals surface area contributed by atoms with Crippen molar-refractivity contribution in [3.8, 4) is 0 Å². The van der Waals surface area contributed by atoms with Crippen molar-refractivity contribution in [1.82, 2.24) is 9.97 Å². The summed E-state index contributed by atoms with van der Waals surface area (Å²) in [6, 6.07) is 7.97. The molecule has 0 unspecified atom stereocenters. The maximum absolute atomic E-state index is 12.7. The first-order valence-corrected chi connectivity index (χ1v) is 9.95. The van der Waals surface area contributed by atoms with Crippen LogP contribution in [-0.2, 0) is 9.53 Å². The number of ether oxygens (including phenoxy) is 1. The van der Waals surface area contributed by atoms with E-state index in [4.69, 9.17) is 4.74 Å². The molecule has 0 amide bonds. The molecule has 0 N–H and O–H groups in total. The van der Waals surface area contributed by atoms with Gasteiger partial charge in [0, 0.05) is 17.5 Å². The van der Waals surface area contributed by atoms with Gasteiger partial charge in [0.15, 0.2) is 0 Å². The maximum atomic E-state index is 12.7. The average Bonchev–Trinajstić information content (AvgIpc) is 3.42. The molecule has 4 rings (SSSR count). The fourth-order valence-electron chi connectivity index (χ4n) is 4.39. The highest BCUT2D eigenvalue weighted by molar-refractivity contribution is 5.79. The van der Waals surface area contributed by atoms with Crippen LogP contribution in [0.15, 0.2) is 30.5 Å². The number of para-hydroxylation sites is 1. The van der Waals surface area contributed by atoms with Crippen molar-refractivity contribution >= 4 is 16.9 Å². The molecular weight excluding hydrogens is 324 g/mol. The van der Waals surface area contributed by atoms with Gasteiger partial charge in [0.25, 0.3) is 0 Å². The van der Waals surface area contributed by atoms with E-state index in [0.717, 1.165) is 29.6 Å². The smallest absolute Gasteiger partial charge is 0.309 e. The van der Waals surface area contributed by atoms with Crippen molar-refractivity contribution in [2.45, 2.75) is 58.5 Å². The predicted octanol–water partition coefficient (Wildman–Crippen LogP) is 4.74. The third-order valence-electron chi connectivity index (χ3n) is 6.16. The number of rotatable bonds is 4. The lowest BCUT2D eigenvalue weighted by Crippen LogP contribution is -2.36. The minimum absolute atomic E-state index is 0.0449. The Balaban J connectivity index is 1.42. The van der Waals surface area contributed by atoms with E-state index in [-0.39, 0.29) is 23.9 Å². The van der Waals surface area contributed by atoms with Crippen molar-refractivity contribution in [2.24, 2.45) is 23.7 Å². The van der Waals surface area contributed by atoms with Crippen molar-refractivity contribution < 1.29 is 9.53 Å². The van der Waals surface area contributed by atoms with Crippen LogP contribution >= 0.6 is 0 Å². The molecule has 26 heavy (non-hydrogen) atoms.